The lowest BCUT2D eigenvalue weighted by Gasteiger charge is -2.08. The van der Waals surface area contributed by atoms with Crippen LogP contribution in [0.5, 0.6) is 0 Å². The summed E-state index contributed by atoms with van der Waals surface area (Å²) in [6, 6.07) is 7.69. The van der Waals surface area contributed by atoms with Gasteiger partial charge in [-0.05, 0) is 17.7 Å². The summed E-state index contributed by atoms with van der Waals surface area (Å²) >= 11 is 7.24. The summed E-state index contributed by atoms with van der Waals surface area (Å²) in [5.74, 6) is 5.46. The first-order valence-electron chi connectivity index (χ1n) is 3.77. The van der Waals surface area contributed by atoms with Crippen molar-refractivity contribution in [3.8, 4) is 0 Å². The van der Waals surface area contributed by atoms with Gasteiger partial charge >= 0.3 is 0 Å². The van der Waals surface area contributed by atoms with Gasteiger partial charge in [0.2, 0.25) is 0 Å². The van der Waals surface area contributed by atoms with Crippen LogP contribution < -0.4 is 5.84 Å². The fourth-order valence-corrected chi connectivity index (χ4v) is 1.95. The summed E-state index contributed by atoms with van der Waals surface area (Å²) in [6.07, 6.45) is 1.81. The normalized spacial score (nSPS) is 21.1. The van der Waals surface area contributed by atoms with E-state index in [1.54, 1.807) is 0 Å². The highest BCUT2D eigenvalue weighted by Crippen LogP contribution is 2.33. The number of rotatable bonds is 1. The molecule has 0 saturated heterocycles. The van der Waals surface area contributed by atoms with Crippen molar-refractivity contribution in [1.82, 2.24) is 4.52 Å². The molecule has 2 rings (SSSR count). The third kappa shape index (κ3) is 1.96. The second kappa shape index (κ2) is 3.57. The van der Waals surface area contributed by atoms with Crippen LogP contribution in [0.1, 0.15) is 10.8 Å². The van der Waals surface area contributed by atoms with Crippen molar-refractivity contribution in [3.05, 3.63) is 34.9 Å². The quantitative estimate of drug-likeness (QED) is 0.575. The van der Waals surface area contributed by atoms with E-state index >= 15 is 0 Å². The van der Waals surface area contributed by atoms with Crippen LogP contribution in [0.3, 0.4) is 0 Å². The minimum absolute atomic E-state index is 0.210. The summed E-state index contributed by atoms with van der Waals surface area (Å²) in [7, 11) is 0. The number of hydrogen-bond donors (Lipinski definition) is 1. The third-order valence-electron chi connectivity index (χ3n) is 1.74. The van der Waals surface area contributed by atoms with Gasteiger partial charge in [-0.25, -0.2) is 5.84 Å². The molecule has 2 N–H and O–H groups in total. The fraction of sp³-hybridized carbons (Fsp3) is 0.125. The molecule has 1 aliphatic heterocycles. The Balaban J connectivity index is 2.18. The molecule has 0 bridgehead atoms. The molecule has 0 spiro atoms. The van der Waals surface area contributed by atoms with Crippen molar-refractivity contribution in [1.29, 1.82) is 0 Å². The molecule has 0 saturated carbocycles. The first-order valence-corrected chi connectivity index (χ1v) is 4.98. The van der Waals surface area contributed by atoms with Crippen LogP contribution in [0.4, 0.5) is 0 Å². The molecule has 13 heavy (non-hydrogen) atoms. The lowest BCUT2D eigenvalue weighted by Crippen LogP contribution is -2.12. The van der Waals surface area contributed by atoms with Gasteiger partial charge in [-0.3, -0.25) is 0 Å². The maximum atomic E-state index is 5.77. The molecule has 1 atom stereocenters. The summed E-state index contributed by atoms with van der Waals surface area (Å²) in [6.45, 7) is 0. The predicted octanol–water partition coefficient (Wildman–Crippen LogP) is 2.20. The minimum Gasteiger partial charge on any atom is -0.220 e. The largest absolute Gasteiger partial charge is 0.220 e. The third-order valence-corrected chi connectivity index (χ3v) is 2.92. The van der Waals surface area contributed by atoms with Gasteiger partial charge in [0.05, 0.1) is 5.25 Å². The molecule has 68 valence electrons. The van der Waals surface area contributed by atoms with Crippen LogP contribution >= 0.6 is 23.5 Å². The van der Waals surface area contributed by atoms with Gasteiger partial charge in [0, 0.05) is 23.2 Å². The van der Waals surface area contributed by atoms with E-state index in [9.17, 15) is 0 Å². The minimum atomic E-state index is 0.210. The SMILES string of the molecule is NN1N=CC(c2ccc(Cl)cc2)S1. The Labute approximate surface area is 85.7 Å². The summed E-state index contributed by atoms with van der Waals surface area (Å²) in [5, 5.41) is 4.89. The van der Waals surface area contributed by atoms with E-state index in [2.05, 4.69) is 5.10 Å². The summed E-state index contributed by atoms with van der Waals surface area (Å²) in [4.78, 5) is 0. The van der Waals surface area contributed by atoms with Gasteiger partial charge in [-0.2, -0.15) is 9.62 Å². The average Bonchev–Trinajstić information content (AvgIpc) is 2.53. The number of halogens is 1. The van der Waals surface area contributed by atoms with Crippen molar-refractivity contribution in [2.45, 2.75) is 5.25 Å². The van der Waals surface area contributed by atoms with Crippen LogP contribution in [0.25, 0.3) is 0 Å². The van der Waals surface area contributed by atoms with Crippen molar-refractivity contribution in [3.63, 3.8) is 0 Å². The number of nitrogens with zero attached hydrogens (tertiary/aromatic N) is 2. The van der Waals surface area contributed by atoms with Crippen molar-refractivity contribution in [2.24, 2.45) is 10.9 Å². The summed E-state index contributed by atoms with van der Waals surface area (Å²) < 4.78 is 1.36. The van der Waals surface area contributed by atoms with Crippen LogP contribution in [0.2, 0.25) is 5.02 Å². The van der Waals surface area contributed by atoms with E-state index in [0.717, 1.165) is 10.6 Å². The Bertz CT molecular complexity index is 325. The Morgan fingerprint density at radius 1 is 1.38 bits per heavy atom. The zero-order chi connectivity index (χ0) is 9.26. The maximum Gasteiger partial charge on any atom is 0.0899 e. The molecule has 1 heterocycles. The fourth-order valence-electron chi connectivity index (χ4n) is 1.10. The molecule has 3 nitrogen and oxygen atoms in total. The van der Waals surface area contributed by atoms with E-state index in [-0.39, 0.29) is 5.25 Å². The van der Waals surface area contributed by atoms with E-state index in [1.807, 2.05) is 30.5 Å². The van der Waals surface area contributed by atoms with E-state index < -0.39 is 0 Å². The lowest BCUT2D eigenvalue weighted by molar-refractivity contribution is 0.547. The van der Waals surface area contributed by atoms with Crippen molar-refractivity contribution < 1.29 is 0 Å². The molecule has 1 aromatic carbocycles. The van der Waals surface area contributed by atoms with Gasteiger partial charge in [0.1, 0.15) is 0 Å². The molecule has 0 amide bonds. The zero-order valence-corrected chi connectivity index (χ0v) is 8.29. The van der Waals surface area contributed by atoms with Crippen LogP contribution in [-0.2, 0) is 0 Å². The molecule has 1 aliphatic rings. The van der Waals surface area contributed by atoms with E-state index in [1.165, 1.54) is 16.5 Å². The molecule has 5 heteroatoms. The topological polar surface area (TPSA) is 41.6 Å². The predicted molar refractivity (Wildman–Crippen MR) is 56.3 cm³/mol. The molecular weight excluding hydrogens is 206 g/mol. The number of hydrazine groups is 1. The second-order valence-electron chi connectivity index (χ2n) is 2.64. The second-order valence-corrected chi connectivity index (χ2v) is 4.17. The first kappa shape index (κ1) is 8.87. The molecule has 0 radical (unpaired) electrons. The molecular formula is C8H8ClN3S. The van der Waals surface area contributed by atoms with Gasteiger partial charge < -0.3 is 0 Å². The molecule has 0 aromatic heterocycles. The molecule has 1 aromatic rings. The highest BCUT2D eigenvalue weighted by molar-refractivity contribution is 7.98. The van der Waals surface area contributed by atoms with Gasteiger partial charge in [-0.1, -0.05) is 23.7 Å². The van der Waals surface area contributed by atoms with Crippen LogP contribution in [0.15, 0.2) is 29.4 Å². The Morgan fingerprint density at radius 3 is 2.62 bits per heavy atom. The lowest BCUT2D eigenvalue weighted by atomic mass is 10.2. The van der Waals surface area contributed by atoms with Crippen LogP contribution in [-0.4, -0.2) is 10.7 Å². The van der Waals surface area contributed by atoms with Gasteiger partial charge in [0.15, 0.2) is 0 Å². The number of benzene rings is 1. The van der Waals surface area contributed by atoms with Crippen molar-refractivity contribution in [2.75, 3.05) is 0 Å². The Morgan fingerprint density at radius 2 is 2.08 bits per heavy atom. The Hall–Kier alpha value is -0.710. The highest BCUT2D eigenvalue weighted by atomic mass is 35.5. The molecule has 0 aliphatic carbocycles. The van der Waals surface area contributed by atoms with E-state index in [4.69, 9.17) is 17.4 Å². The summed E-state index contributed by atoms with van der Waals surface area (Å²) in [5.41, 5.74) is 1.16. The standard InChI is InChI=1S/C8H8ClN3S/c9-7-3-1-6(2-4-7)8-5-11-12(10)13-8/h1-5,8H,10H2. The Kier molecular flexibility index (Phi) is 2.44. The van der Waals surface area contributed by atoms with E-state index in [0.29, 0.717) is 0 Å². The highest BCUT2D eigenvalue weighted by Gasteiger charge is 2.17. The zero-order valence-electron chi connectivity index (χ0n) is 6.72. The average molecular weight is 214 g/mol. The number of nitrogens with two attached hydrogens (primary N) is 1. The van der Waals surface area contributed by atoms with Crippen molar-refractivity contribution >= 4 is 29.8 Å². The maximum absolute atomic E-state index is 5.77. The van der Waals surface area contributed by atoms with Gasteiger partial charge in [-0.15, -0.1) is 0 Å². The van der Waals surface area contributed by atoms with Crippen LogP contribution in [0, 0.1) is 0 Å². The number of hydrogen-bond acceptors (Lipinski definition) is 4. The number of hydrazone groups is 1. The van der Waals surface area contributed by atoms with Gasteiger partial charge in [0.25, 0.3) is 0 Å². The molecule has 0 fully saturated rings. The first-order chi connectivity index (χ1) is 6.25. The monoisotopic (exact) mass is 213 g/mol. The molecule has 1 unspecified atom stereocenters. The smallest absolute Gasteiger partial charge is 0.0899 e.